The minimum Gasteiger partial charge on any atom is -0.311 e. The second kappa shape index (κ2) is 4.06. The minimum atomic E-state index is 0.397. The van der Waals surface area contributed by atoms with Gasteiger partial charge in [0, 0.05) is 32.2 Å². The van der Waals surface area contributed by atoms with Crippen LogP contribution in [0.15, 0.2) is 0 Å². The smallest absolute Gasteiger partial charge is 0.0244 e. The SMILES string of the molecule is CC1CC1CN1CCNC(C(C)(C)C)C1. The van der Waals surface area contributed by atoms with Gasteiger partial charge in [0.15, 0.2) is 0 Å². The van der Waals surface area contributed by atoms with Gasteiger partial charge >= 0.3 is 0 Å². The van der Waals surface area contributed by atoms with E-state index in [1.807, 2.05) is 0 Å². The fraction of sp³-hybridized carbons (Fsp3) is 1.00. The number of piperazine rings is 1. The van der Waals surface area contributed by atoms with E-state index in [2.05, 4.69) is 37.9 Å². The molecule has 1 saturated heterocycles. The van der Waals surface area contributed by atoms with E-state index in [1.165, 1.54) is 32.6 Å². The van der Waals surface area contributed by atoms with Crippen LogP contribution >= 0.6 is 0 Å². The molecule has 0 radical (unpaired) electrons. The third-order valence-electron chi connectivity index (χ3n) is 4.07. The van der Waals surface area contributed by atoms with Crippen LogP contribution in [-0.2, 0) is 0 Å². The first-order valence-corrected chi connectivity index (χ1v) is 6.42. The summed E-state index contributed by atoms with van der Waals surface area (Å²) in [6.45, 7) is 14.4. The molecule has 1 aliphatic carbocycles. The van der Waals surface area contributed by atoms with Crippen molar-refractivity contribution in [2.75, 3.05) is 26.2 Å². The molecular formula is C13H26N2. The molecule has 1 aliphatic heterocycles. The van der Waals surface area contributed by atoms with E-state index >= 15 is 0 Å². The molecule has 0 bridgehead atoms. The van der Waals surface area contributed by atoms with Crippen molar-refractivity contribution >= 4 is 0 Å². The standard InChI is InChI=1S/C13H26N2/c1-10-7-11(10)8-15-6-5-14-12(9-15)13(2,3)4/h10-12,14H,5-9H2,1-4H3. The van der Waals surface area contributed by atoms with Crippen molar-refractivity contribution in [2.45, 2.75) is 40.2 Å². The molecule has 0 aromatic carbocycles. The maximum absolute atomic E-state index is 3.65. The topological polar surface area (TPSA) is 15.3 Å². The van der Waals surface area contributed by atoms with Gasteiger partial charge in [0.05, 0.1) is 0 Å². The molecule has 2 fully saturated rings. The molecular weight excluding hydrogens is 184 g/mol. The van der Waals surface area contributed by atoms with Crippen LogP contribution < -0.4 is 5.32 Å². The molecule has 15 heavy (non-hydrogen) atoms. The first kappa shape index (κ1) is 11.4. The predicted molar refractivity (Wildman–Crippen MR) is 65.0 cm³/mol. The summed E-state index contributed by atoms with van der Waals surface area (Å²) in [4.78, 5) is 2.67. The monoisotopic (exact) mass is 210 g/mol. The van der Waals surface area contributed by atoms with Gasteiger partial charge in [-0.25, -0.2) is 0 Å². The van der Waals surface area contributed by atoms with Gasteiger partial charge in [-0.3, -0.25) is 0 Å². The number of hydrogen-bond donors (Lipinski definition) is 1. The van der Waals surface area contributed by atoms with Crippen LogP contribution in [0, 0.1) is 17.3 Å². The summed E-state index contributed by atoms with van der Waals surface area (Å²) < 4.78 is 0. The maximum atomic E-state index is 3.65. The Morgan fingerprint density at radius 1 is 1.33 bits per heavy atom. The third-order valence-corrected chi connectivity index (χ3v) is 4.07. The zero-order valence-corrected chi connectivity index (χ0v) is 10.7. The van der Waals surface area contributed by atoms with Gasteiger partial charge < -0.3 is 10.2 Å². The normalized spacial score (nSPS) is 38.0. The van der Waals surface area contributed by atoms with Crippen molar-refractivity contribution in [2.24, 2.45) is 17.3 Å². The molecule has 88 valence electrons. The molecule has 1 heterocycles. The molecule has 3 atom stereocenters. The summed E-state index contributed by atoms with van der Waals surface area (Å²) in [6, 6.07) is 0.667. The van der Waals surface area contributed by atoms with E-state index in [0.717, 1.165) is 11.8 Å². The summed E-state index contributed by atoms with van der Waals surface area (Å²) in [5.41, 5.74) is 0.397. The lowest BCUT2D eigenvalue weighted by molar-refractivity contribution is 0.129. The summed E-state index contributed by atoms with van der Waals surface area (Å²) in [6.07, 6.45) is 1.46. The van der Waals surface area contributed by atoms with Crippen LogP contribution in [0.25, 0.3) is 0 Å². The summed E-state index contributed by atoms with van der Waals surface area (Å²) >= 11 is 0. The van der Waals surface area contributed by atoms with Crippen LogP contribution in [0.3, 0.4) is 0 Å². The highest BCUT2D eigenvalue weighted by atomic mass is 15.2. The summed E-state index contributed by atoms with van der Waals surface area (Å²) in [5, 5.41) is 3.65. The zero-order chi connectivity index (χ0) is 11.1. The Hall–Kier alpha value is -0.0800. The Kier molecular flexibility index (Phi) is 3.09. The van der Waals surface area contributed by atoms with Crippen molar-refractivity contribution in [3.8, 4) is 0 Å². The van der Waals surface area contributed by atoms with E-state index < -0.39 is 0 Å². The largest absolute Gasteiger partial charge is 0.311 e. The first-order valence-electron chi connectivity index (χ1n) is 6.42. The molecule has 0 aromatic rings. The van der Waals surface area contributed by atoms with Crippen molar-refractivity contribution in [3.05, 3.63) is 0 Å². The quantitative estimate of drug-likeness (QED) is 0.749. The van der Waals surface area contributed by atoms with E-state index in [0.29, 0.717) is 11.5 Å². The van der Waals surface area contributed by atoms with E-state index in [-0.39, 0.29) is 0 Å². The minimum absolute atomic E-state index is 0.397. The Morgan fingerprint density at radius 2 is 2.00 bits per heavy atom. The molecule has 1 N–H and O–H groups in total. The highest BCUT2D eigenvalue weighted by Crippen LogP contribution is 2.38. The van der Waals surface area contributed by atoms with Gasteiger partial charge in [0.1, 0.15) is 0 Å². The van der Waals surface area contributed by atoms with Crippen LogP contribution in [0.5, 0.6) is 0 Å². The number of hydrogen-bond acceptors (Lipinski definition) is 2. The Labute approximate surface area is 94.4 Å². The third kappa shape index (κ3) is 2.94. The molecule has 0 amide bonds. The first-order chi connectivity index (χ1) is 6.97. The van der Waals surface area contributed by atoms with Gasteiger partial charge in [-0.1, -0.05) is 27.7 Å². The lowest BCUT2D eigenvalue weighted by atomic mass is 9.85. The Morgan fingerprint density at radius 3 is 2.53 bits per heavy atom. The molecule has 1 saturated carbocycles. The highest BCUT2D eigenvalue weighted by Gasteiger charge is 2.36. The lowest BCUT2D eigenvalue weighted by Crippen LogP contribution is -2.56. The molecule has 0 spiro atoms. The zero-order valence-electron chi connectivity index (χ0n) is 10.7. The van der Waals surface area contributed by atoms with Crippen LogP contribution in [0.2, 0.25) is 0 Å². The van der Waals surface area contributed by atoms with Crippen LogP contribution in [0.1, 0.15) is 34.1 Å². The van der Waals surface area contributed by atoms with E-state index in [1.54, 1.807) is 0 Å². The maximum Gasteiger partial charge on any atom is 0.0244 e. The molecule has 2 heteroatoms. The Bertz CT molecular complexity index is 219. The van der Waals surface area contributed by atoms with Crippen molar-refractivity contribution in [1.29, 1.82) is 0 Å². The van der Waals surface area contributed by atoms with E-state index in [4.69, 9.17) is 0 Å². The lowest BCUT2D eigenvalue weighted by Gasteiger charge is -2.40. The fourth-order valence-electron chi connectivity index (χ4n) is 2.54. The number of rotatable bonds is 2. The fourth-order valence-corrected chi connectivity index (χ4v) is 2.54. The number of nitrogens with one attached hydrogen (secondary N) is 1. The summed E-state index contributed by atoms with van der Waals surface area (Å²) in [7, 11) is 0. The van der Waals surface area contributed by atoms with Crippen molar-refractivity contribution in [3.63, 3.8) is 0 Å². The van der Waals surface area contributed by atoms with Crippen LogP contribution in [-0.4, -0.2) is 37.1 Å². The highest BCUT2D eigenvalue weighted by molar-refractivity contribution is 4.91. The Balaban J connectivity index is 1.82. The molecule has 2 aliphatic rings. The second-order valence-electron chi connectivity index (χ2n) is 6.61. The average Bonchev–Trinajstić information content (AvgIpc) is 2.81. The van der Waals surface area contributed by atoms with Gasteiger partial charge in [0.25, 0.3) is 0 Å². The molecule has 3 unspecified atom stereocenters. The second-order valence-corrected chi connectivity index (χ2v) is 6.61. The van der Waals surface area contributed by atoms with Gasteiger partial charge in [0.2, 0.25) is 0 Å². The van der Waals surface area contributed by atoms with Gasteiger partial charge in [-0.2, -0.15) is 0 Å². The summed E-state index contributed by atoms with van der Waals surface area (Å²) in [5.74, 6) is 2.00. The molecule has 0 aromatic heterocycles. The van der Waals surface area contributed by atoms with Crippen molar-refractivity contribution < 1.29 is 0 Å². The van der Waals surface area contributed by atoms with Crippen molar-refractivity contribution in [1.82, 2.24) is 10.2 Å². The van der Waals surface area contributed by atoms with Gasteiger partial charge in [-0.15, -0.1) is 0 Å². The molecule has 2 nitrogen and oxygen atoms in total. The van der Waals surface area contributed by atoms with Crippen LogP contribution in [0.4, 0.5) is 0 Å². The average molecular weight is 210 g/mol. The van der Waals surface area contributed by atoms with E-state index in [9.17, 15) is 0 Å². The molecule has 2 rings (SSSR count). The number of nitrogens with zero attached hydrogens (tertiary/aromatic N) is 1. The predicted octanol–water partition coefficient (Wildman–Crippen LogP) is 1.96. The van der Waals surface area contributed by atoms with Gasteiger partial charge in [-0.05, 0) is 23.7 Å².